The van der Waals surface area contributed by atoms with Crippen molar-refractivity contribution < 1.29 is 14.3 Å². The Balaban J connectivity index is 1.80. The number of hydrogen-bond donors (Lipinski definition) is 2. The SMILES string of the molecule is COc1ccc2c(NC(=O)C(C(C)C)N3CC(C)OC(C)C3)n[nH]c2c1. The lowest BCUT2D eigenvalue weighted by molar-refractivity contribution is -0.130. The van der Waals surface area contributed by atoms with Crippen molar-refractivity contribution in [3.05, 3.63) is 18.2 Å². The maximum absolute atomic E-state index is 13.1. The molecule has 142 valence electrons. The van der Waals surface area contributed by atoms with Gasteiger partial charge in [-0.15, -0.1) is 0 Å². The number of amides is 1. The Morgan fingerprint density at radius 1 is 1.35 bits per heavy atom. The molecule has 2 N–H and O–H groups in total. The van der Waals surface area contributed by atoms with E-state index < -0.39 is 0 Å². The van der Waals surface area contributed by atoms with Crippen LogP contribution in [0.5, 0.6) is 5.75 Å². The van der Waals surface area contributed by atoms with Gasteiger partial charge >= 0.3 is 0 Å². The number of aromatic amines is 1. The fourth-order valence-corrected chi connectivity index (χ4v) is 3.75. The lowest BCUT2D eigenvalue weighted by Gasteiger charge is -2.40. The number of anilines is 1. The second-order valence-corrected chi connectivity index (χ2v) is 7.37. The van der Waals surface area contributed by atoms with Crippen molar-refractivity contribution in [2.24, 2.45) is 5.92 Å². The van der Waals surface area contributed by atoms with Crippen LogP contribution in [0.25, 0.3) is 10.9 Å². The highest BCUT2D eigenvalue weighted by Gasteiger charge is 2.34. The molecule has 0 spiro atoms. The molecule has 0 saturated carbocycles. The van der Waals surface area contributed by atoms with Crippen LogP contribution in [0.2, 0.25) is 0 Å². The van der Waals surface area contributed by atoms with Crippen molar-refractivity contribution in [2.75, 3.05) is 25.5 Å². The number of nitrogens with one attached hydrogen (secondary N) is 2. The minimum atomic E-state index is -0.228. The second kappa shape index (κ2) is 7.63. The van der Waals surface area contributed by atoms with Gasteiger partial charge in [0.2, 0.25) is 5.91 Å². The number of nitrogens with zero attached hydrogens (tertiary/aromatic N) is 2. The van der Waals surface area contributed by atoms with Crippen molar-refractivity contribution in [3.63, 3.8) is 0 Å². The fourth-order valence-electron chi connectivity index (χ4n) is 3.75. The van der Waals surface area contributed by atoms with E-state index in [2.05, 4.69) is 34.3 Å². The Labute approximate surface area is 154 Å². The average Bonchev–Trinajstić information content (AvgIpc) is 2.95. The van der Waals surface area contributed by atoms with Crippen LogP contribution in [0.3, 0.4) is 0 Å². The Bertz CT molecular complexity index is 763. The van der Waals surface area contributed by atoms with Crippen molar-refractivity contribution in [3.8, 4) is 5.75 Å². The van der Waals surface area contributed by atoms with Crippen LogP contribution in [0.1, 0.15) is 27.7 Å². The Hall–Kier alpha value is -2.12. The van der Waals surface area contributed by atoms with Crippen molar-refractivity contribution >= 4 is 22.6 Å². The van der Waals surface area contributed by atoms with E-state index in [0.29, 0.717) is 5.82 Å². The number of methoxy groups -OCH3 is 1. The molecule has 3 rings (SSSR count). The van der Waals surface area contributed by atoms with E-state index >= 15 is 0 Å². The van der Waals surface area contributed by atoms with E-state index in [1.54, 1.807) is 7.11 Å². The number of H-pyrrole nitrogens is 1. The van der Waals surface area contributed by atoms with Gasteiger partial charge < -0.3 is 14.8 Å². The molecule has 1 aromatic heterocycles. The third-order valence-electron chi connectivity index (χ3n) is 4.75. The van der Waals surface area contributed by atoms with Gasteiger partial charge in [-0.1, -0.05) is 13.8 Å². The molecule has 1 aliphatic rings. The van der Waals surface area contributed by atoms with Crippen molar-refractivity contribution in [1.29, 1.82) is 0 Å². The normalized spacial score (nSPS) is 22.5. The number of ether oxygens (including phenoxy) is 2. The highest BCUT2D eigenvalue weighted by molar-refractivity contribution is 6.02. The standard InChI is InChI=1S/C19H28N4O3/c1-11(2)17(23-9-12(3)26-13(4)10-23)19(24)20-18-15-7-6-14(25-5)8-16(15)21-22-18/h6-8,11-13,17H,9-10H2,1-5H3,(H2,20,21,22,24). The molecule has 0 radical (unpaired) electrons. The van der Waals surface area contributed by atoms with Gasteiger partial charge in [0.25, 0.3) is 0 Å². The number of benzene rings is 1. The maximum atomic E-state index is 13.1. The van der Waals surface area contributed by atoms with E-state index in [1.165, 1.54) is 0 Å². The number of carbonyl (C=O) groups is 1. The quantitative estimate of drug-likeness (QED) is 0.857. The van der Waals surface area contributed by atoms with Gasteiger partial charge in [-0.3, -0.25) is 14.8 Å². The number of fused-ring (bicyclic) bond motifs is 1. The summed E-state index contributed by atoms with van der Waals surface area (Å²) in [5, 5.41) is 11.1. The first-order valence-corrected chi connectivity index (χ1v) is 9.11. The largest absolute Gasteiger partial charge is 0.497 e. The molecule has 1 aliphatic heterocycles. The Morgan fingerprint density at radius 3 is 2.65 bits per heavy atom. The van der Waals surface area contributed by atoms with Crippen LogP contribution in [-0.2, 0) is 9.53 Å². The molecule has 1 aromatic carbocycles. The minimum Gasteiger partial charge on any atom is -0.497 e. The van der Waals surface area contributed by atoms with Gasteiger partial charge in [0, 0.05) is 24.5 Å². The fraction of sp³-hybridized carbons (Fsp3) is 0.579. The average molecular weight is 360 g/mol. The van der Waals surface area contributed by atoms with Gasteiger partial charge in [0.05, 0.1) is 30.9 Å². The summed E-state index contributed by atoms with van der Waals surface area (Å²) in [6, 6.07) is 5.40. The number of hydrogen-bond acceptors (Lipinski definition) is 5. The summed E-state index contributed by atoms with van der Waals surface area (Å²) in [5.74, 6) is 1.44. The highest BCUT2D eigenvalue weighted by Crippen LogP contribution is 2.26. The van der Waals surface area contributed by atoms with Gasteiger partial charge in [0.1, 0.15) is 5.75 Å². The molecule has 3 unspecified atom stereocenters. The topological polar surface area (TPSA) is 79.5 Å². The predicted molar refractivity (Wildman–Crippen MR) is 101 cm³/mol. The lowest BCUT2D eigenvalue weighted by Crippen LogP contribution is -2.55. The molecule has 0 aliphatic carbocycles. The van der Waals surface area contributed by atoms with Gasteiger partial charge in [-0.25, -0.2) is 0 Å². The van der Waals surface area contributed by atoms with Gasteiger partial charge in [0.15, 0.2) is 5.82 Å². The van der Waals surface area contributed by atoms with E-state index in [0.717, 1.165) is 29.7 Å². The van der Waals surface area contributed by atoms with E-state index in [4.69, 9.17) is 9.47 Å². The molecule has 7 heteroatoms. The summed E-state index contributed by atoms with van der Waals surface area (Å²) in [5.41, 5.74) is 0.828. The molecule has 7 nitrogen and oxygen atoms in total. The molecule has 1 saturated heterocycles. The summed E-state index contributed by atoms with van der Waals surface area (Å²) >= 11 is 0. The van der Waals surface area contributed by atoms with Crippen LogP contribution in [0.15, 0.2) is 18.2 Å². The zero-order chi connectivity index (χ0) is 18.8. The molecule has 1 amide bonds. The molecule has 1 fully saturated rings. The monoisotopic (exact) mass is 360 g/mol. The molecule has 2 aromatic rings. The Kier molecular flexibility index (Phi) is 5.48. The lowest BCUT2D eigenvalue weighted by atomic mass is 9.99. The summed E-state index contributed by atoms with van der Waals surface area (Å²) in [6.45, 7) is 9.74. The first kappa shape index (κ1) is 18.7. The summed E-state index contributed by atoms with van der Waals surface area (Å²) in [7, 11) is 1.62. The third-order valence-corrected chi connectivity index (χ3v) is 4.75. The first-order valence-electron chi connectivity index (χ1n) is 9.11. The summed E-state index contributed by atoms with van der Waals surface area (Å²) in [4.78, 5) is 15.3. The van der Waals surface area contributed by atoms with E-state index in [1.807, 2.05) is 32.0 Å². The highest BCUT2D eigenvalue weighted by atomic mass is 16.5. The predicted octanol–water partition coefficient (Wildman–Crippen LogP) is 2.64. The van der Waals surface area contributed by atoms with E-state index in [-0.39, 0.29) is 30.1 Å². The number of rotatable bonds is 5. The molecular weight excluding hydrogens is 332 g/mol. The second-order valence-electron chi connectivity index (χ2n) is 7.37. The summed E-state index contributed by atoms with van der Waals surface area (Å²) in [6.07, 6.45) is 0.234. The maximum Gasteiger partial charge on any atom is 0.243 e. The molecule has 2 heterocycles. The van der Waals surface area contributed by atoms with E-state index in [9.17, 15) is 4.79 Å². The van der Waals surface area contributed by atoms with Gasteiger partial charge in [-0.2, -0.15) is 5.10 Å². The number of carbonyl (C=O) groups excluding carboxylic acids is 1. The van der Waals surface area contributed by atoms with Crippen LogP contribution >= 0.6 is 0 Å². The number of morpholine rings is 1. The molecular formula is C19H28N4O3. The van der Waals surface area contributed by atoms with Crippen LogP contribution in [0.4, 0.5) is 5.82 Å². The number of aromatic nitrogens is 2. The summed E-state index contributed by atoms with van der Waals surface area (Å²) < 4.78 is 11.0. The molecule has 26 heavy (non-hydrogen) atoms. The molecule has 0 bridgehead atoms. The van der Waals surface area contributed by atoms with Crippen LogP contribution < -0.4 is 10.1 Å². The smallest absolute Gasteiger partial charge is 0.243 e. The minimum absolute atomic E-state index is 0.0366. The Morgan fingerprint density at radius 2 is 2.04 bits per heavy atom. The first-order chi connectivity index (χ1) is 12.4. The zero-order valence-corrected chi connectivity index (χ0v) is 16.1. The van der Waals surface area contributed by atoms with Crippen molar-refractivity contribution in [2.45, 2.75) is 45.9 Å². The van der Waals surface area contributed by atoms with Crippen LogP contribution in [-0.4, -0.2) is 59.5 Å². The third kappa shape index (κ3) is 3.83. The van der Waals surface area contributed by atoms with Gasteiger partial charge in [-0.05, 0) is 31.9 Å². The van der Waals surface area contributed by atoms with Crippen LogP contribution in [0, 0.1) is 5.92 Å². The van der Waals surface area contributed by atoms with Crippen molar-refractivity contribution in [1.82, 2.24) is 15.1 Å². The molecule has 3 atom stereocenters. The zero-order valence-electron chi connectivity index (χ0n) is 16.1.